The van der Waals surface area contributed by atoms with Gasteiger partial charge in [-0.1, -0.05) is 37.3 Å². The molecule has 0 aliphatic carbocycles. The monoisotopic (exact) mass is 649 g/mol. The minimum atomic E-state index is -4.47. The summed E-state index contributed by atoms with van der Waals surface area (Å²) in [5.74, 6) is -1.37. The molecule has 1 aliphatic rings. The summed E-state index contributed by atoms with van der Waals surface area (Å²) in [6.07, 6.45) is -4.73. The third kappa shape index (κ3) is 11.6. The Hall–Kier alpha value is -3.64. The van der Waals surface area contributed by atoms with Gasteiger partial charge in [-0.2, -0.15) is 13.2 Å². The lowest BCUT2D eigenvalue weighted by atomic mass is 10.0. The van der Waals surface area contributed by atoms with E-state index in [2.05, 4.69) is 5.32 Å². The van der Waals surface area contributed by atoms with Gasteiger partial charge in [0.05, 0.1) is 43.3 Å². The van der Waals surface area contributed by atoms with Gasteiger partial charge in [0.15, 0.2) is 0 Å². The third-order valence-electron chi connectivity index (χ3n) is 8.05. The number of rotatable bonds is 9. The number of carbonyl (C=O) groups excluding carboxylic acids is 3. The van der Waals surface area contributed by atoms with Crippen LogP contribution < -0.4 is 10.1 Å². The molecule has 0 radical (unpaired) electrons. The number of fused-ring (bicyclic) bond motifs is 1. The fourth-order valence-corrected chi connectivity index (χ4v) is 5.22. The van der Waals surface area contributed by atoms with Gasteiger partial charge in [0.1, 0.15) is 5.75 Å². The SMILES string of the molecule is C[C@@H]1CCCCO[C@@H](CN(C)C(=O)Cc2ccccc2)[C@@H](C)CN([C@H](C)CO)C(=O)c2cc(NC(=O)CCC(F)(F)F)ccc2O1. The Balaban J connectivity index is 1.88. The van der Waals surface area contributed by atoms with Crippen LogP contribution in [0.15, 0.2) is 48.5 Å². The lowest BCUT2D eigenvalue weighted by Gasteiger charge is -2.36. The highest BCUT2D eigenvalue weighted by molar-refractivity contribution is 5.99. The summed E-state index contributed by atoms with van der Waals surface area (Å²) in [6.45, 7) is 6.09. The van der Waals surface area contributed by atoms with Gasteiger partial charge in [-0.3, -0.25) is 14.4 Å². The highest BCUT2D eigenvalue weighted by Crippen LogP contribution is 2.29. The summed E-state index contributed by atoms with van der Waals surface area (Å²) in [6, 6.07) is 13.2. The molecule has 0 spiro atoms. The Bertz CT molecular complexity index is 1290. The van der Waals surface area contributed by atoms with Gasteiger partial charge in [-0.15, -0.1) is 0 Å². The number of anilines is 1. The zero-order valence-corrected chi connectivity index (χ0v) is 27.0. The molecule has 4 atom stereocenters. The van der Waals surface area contributed by atoms with Gasteiger partial charge < -0.3 is 29.7 Å². The summed E-state index contributed by atoms with van der Waals surface area (Å²) >= 11 is 0. The molecule has 2 aromatic rings. The predicted octanol–water partition coefficient (Wildman–Crippen LogP) is 5.46. The maximum atomic E-state index is 14.2. The second-order valence-corrected chi connectivity index (χ2v) is 12.1. The molecule has 1 heterocycles. The molecule has 9 nitrogen and oxygen atoms in total. The van der Waals surface area contributed by atoms with Crippen LogP contribution in [0.5, 0.6) is 5.75 Å². The number of carbonyl (C=O) groups is 3. The number of aliphatic hydroxyl groups is 1. The first-order valence-corrected chi connectivity index (χ1v) is 15.8. The fraction of sp³-hybridized carbons (Fsp3) is 0.559. The molecule has 3 amide bonds. The molecule has 12 heteroatoms. The second kappa shape index (κ2) is 17.3. The second-order valence-electron chi connectivity index (χ2n) is 12.1. The molecule has 0 saturated heterocycles. The summed E-state index contributed by atoms with van der Waals surface area (Å²) < 4.78 is 50.4. The smallest absolute Gasteiger partial charge is 0.389 e. The third-order valence-corrected chi connectivity index (χ3v) is 8.05. The number of hydrogen-bond acceptors (Lipinski definition) is 6. The van der Waals surface area contributed by atoms with Gasteiger partial charge >= 0.3 is 6.18 Å². The molecule has 2 N–H and O–H groups in total. The molecule has 0 saturated carbocycles. The van der Waals surface area contributed by atoms with Gasteiger partial charge in [0, 0.05) is 44.8 Å². The first kappa shape index (κ1) is 36.8. The zero-order chi connectivity index (χ0) is 33.9. The Labute approximate surface area is 269 Å². The number of alkyl halides is 3. The number of aliphatic hydroxyl groups excluding tert-OH is 1. The molecule has 254 valence electrons. The van der Waals surface area contributed by atoms with Crippen molar-refractivity contribution in [1.29, 1.82) is 0 Å². The van der Waals surface area contributed by atoms with Crippen LogP contribution in [0.4, 0.5) is 18.9 Å². The van der Waals surface area contributed by atoms with Crippen molar-refractivity contribution in [2.75, 3.05) is 38.7 Å². The van der Waals surface area contributed by atoms with Crippen LogP contribution in [0.1, 0.15) is 68.8 Å². The van der Waals surface area contributed by atoms with Crippen molar-refractivity contribution in [2.24, 2.45) is 5.92 Å². The molecule has 0 unspecified atom stereocenters. The van der Waals surface area contributed by atoms with Crippen LogP contribution in [0.3, 0.4) is 0 Å². The predicted molar refractivity (Wildman–Crippen MR) is 169 cm³/mol. The Morgan fingerprint density at radius 1 is 1.13 bits per heavy atom. The van der Waals surface area contributed by atoms with Gasteiger partial charge in [-0.25, -0.2) is 0 Å². The van der Waals surface area contributed by atoms with Crippen LogP contribution >= 0.6 is 0 Å². The van der Waals surface area contributed by atoms with E-state index in [-0.39, 0.29) is 54.5 Å². The van der Waals surface area contributed by atoms with Crippen LogP contribution in [0, 0.1) is 5.92 Å². The van der Waals surface area contributed by atoms with Gasteiger partial charge in [-0.05, 0) is 56.9 Å². The van der Waals surface area contributed by atoms with E-state index in [1.54, 1.807) is 18.9 Å². The summed E-state index contributed by atoms with van der Waals surface area (Å²) in [5, 5.41) is 12.6. The van der Waals surface area contributed by atoms with E-state index in [1.165, 1.54) is 23.1 Å². The zero-order valence-electron chi connectivity index (χ0n) is 27.0. The Morgan fingerprint density at radius 2 is 1.85 bits per heavy atom. The number of amides is 3. The highest BCUT2D eigenvalue weighted by atomic mass is 19.4. The van der Waals surface area contributed by atoms with Crippen molar-refractivity contribution in [2.45, 2.75) is 83.7 Å². The van der Waals surface area contributed by atoms with Crippen molar-refractivity contribution in [3.05, 3.63) is 59.7 Å². The maximum Gasteiger partial charge on any atom is 0.389 e. The summed E-state index contributed by atoms with van der Waals surface area (Å²) in [5.41, 5.74) is 1.16. The highest BCUT2D eigenvalue weighted by Gasteiger charge is 2.31. The van der Waals surface area contributed by atoms with Gasteiger partial charge in [0.2, 0.25) is 11.8 Å². The number of hydrogen-bond donors (Lipinski definition) is 2. The molecule has 2 aromatic carbocycles. The van der Waals surface area contributed by atoms with Crippen molar-refractivity contribution < 1.29 is 42.1 Å². The molecule has 0 aromatic heterocycles. The standard InChI is InChI=1S/C34H46F3N3O6/c1-23-20-40(24(2)22-41)33(44)28-19-27(38-31(42)15-16-34(35,36)37)13-14-29(28)46-25(3)10-8-9-17-45-30(23)21-39(4)32(43)18-26-11-6-5-7-12-26/h5-7,11-14,19,23-25,30,41H,8-10,15-18,20-22H2,1-4H3,(H,38,42)/t23-,24+,25+,30-/m0/s1. The van der Waals surface area contributed by atoms with E-state index in [1.807, 2.05) is 44.2 Å². The Morgan fingerprint density at radius 3 is 2.52 bits per heavy atom. The van der Waals surface area contributed by atoms with Gasteiger partial charge in [0.25, 0.3) is 5.91 Å². The molecule has 0 fully saturated rings. The maximum absolute atomic E-state index is 14.2. The van der Waals surface area contributed by atoms with Crippen LogP contribution in [0.25, 0.3) is 0 Å². The van der Waals surface area contributed by atoms with Crippen LogP contribution in [-0.4, -0.2) is 90.4 Å². The number of likely N-dealkylation sites (N-methyl/N-ethyl adjacent to an activating group) is 1. The number of halogens is 3. The van der Waals surface area contributed by atoms with Crippen LogP contribution in [-0.2, 0) is 20.7 Å². The van der Waals surface area contributed by atoms with Crippen molar-refractivity contribution in [3.63, 3.8) is 0 Å². The first-order chi connectivity index (χ1) is 21.8. The average molecular weight is 650 g/mol. The molecule has 3 rings (SSSR count). The van der Waals surface area contributed by atoms with E-state index < -0.39 is 43.0 Å². The van der Waals surface area contributed by atoms with E-state index in [4.69, 9.17) is 9.47 Å². The largest absolute Gasteiger partial charge is 0.490 e. The van der Waals surface area contributed by atoms with E-state index in [0.29, 0.717) is 19.6 Å². The van der Waals surface area contributed by atoms with Crippen molar-refractivity contribution in [1.82, 2.24) is 9.80 Å². The topological polar surface area (TPSA) is 108 Å². The number of ether oxygens (including phenoxy) is 2. The minimum absolute atomic E-state index is 0.0669. The minimum Gasteiger partial charge on any atom is -0.490 e. The first-order valence-electron chi connectivity index (χ1n) is 15.8. The van der Waals surface area contributed by atoms with Crippen LogP contribution in [0.2, 0.25) is 0 Å². The molecular formula is C34H46F3N3O6. The van der Waals surface area contributed by atoms with E-state index in [9.17, 15) is 32.7 Å². The van der Waals surface area contributed by atoms with Crippen molar-refractivity contribution in [3.8, 4) is 5.75 Å². The summed E-state index contributed by atoms with van der Waals surface area (Å²) in [4.78, 5) is 42.6. The summed E-state index contributed by atoms with van der Waals surface area (Å²) in [7, 11) is 1.73. The Kier molecular flexibility index (Phi) is 13.9. The fourth-order valence-electron chi connectivity index (χ4n) is 5.22. The lowest BCUT2D eigenvalue weighted by molar-refractivity contribution is -0.142. The number of nitrogens with one attached hydrogen (secondary N) is 1. The van der Waals surface area contributed by atoms with Crippen molar-refractivity contribution >= 4 is 23.4 Å². The number of nitrogens with zero attached hydrogens (tertiary/aromatic N) is 2. The molecular weight excluding hydrogens is 603 g/mol. The van der Waals surface area contributed by atoms with E-state index in [0.717, 1.165) is 18.4 Å². The number of benzene rings is 2. The quantitative estimate of drug-likeness (QED) is 0.374. The molecule has 1 aliphatic heterocycles. The average Bonchev–Trinajstić information content (AvgIpc) is 3.01. The molecule has 46 heavy (non-hydrogen) atoms. The lowest BCUT2D eigenvalue weighted by Crippen LogP contribution is -2.48. The normalized spacial score (nSPS) is 20.6. The van der Waals surface area contributed by atoms with E-state index >= 15 is 0 Å². The molecule has 0 bridgehead atoms.